The molecule has 0 bridgehead atoms. The quantitative estimate of drug-likeness (QED) is 0.680. The number of Topliss-reactive ketones (excluding diaryl/α,β-unsaturated/α-hetero) is 1. The molecule has 16 heavy (non-hydrogen) atoms. The number of esters is 1. The molecule has 0 spiro atoms. The highest BCUT2D eigenvalue weighted by molar-refractivity contribution is 6.01. The molecule has 4 heteroatoms. The number of hydrogen-bond donors (Lipinski definition) is 0. The lowest BCUT2D eigenvalue weighted by Crippen LogP contribution is -2.27. The van der Waals surface area contributed by atoms with Crippen LogP contribution in [0.15, 0.2) is 18.2 Å². The Hall–Kier alpha value is -1.71. The molecule has 0 saturated heterocycles. The van der Waals surface area contributed by atoms with Crippen LogP contribution in [-0.2, 0) is 16.0 Å². The summed E-state index contributed by atoms with van der Waals surface area (Å²) in [6.45, 7) is 0. The molecule has 1 aliphatic carbocycles. The van der Waals surface area contributed by atoms with E-state index < -0.39 is 17.7 Å². The van der Waals surface area contributed by atoms with E-state index in [9.17, 15) is 14.0 Å². The van der Waals surface area contributed by atoms with Crippen molar-refractivity contribution < 1.29 is 18.7 Å². The third-order valence-electron chi connectivity index (χ3n) is 2.80. The summed E-state index contributed by atoms with van der Waals surface area (Å²) in [6.07, 6.45) is 0.511. The Bertz CT molecular complexity index is 454. The van der Waals surface area contributed by atoms with Crippen molar-refractivity contribution in [3.63, 3.8) is 0 Å². The molecule has 0 radical (unpaired) electrons. The van der Waals surface area contributed by atoms with Gasteiger partial charge in [-0.3, -0.25) is 9.59 Å². The third kappa shape index (κ3) is 1.83. The topological polar surface area (TPSA) is 43.4 Å². The molecule has 0 amide bonds. The van der Waals surface area contributed by atoms with Gasteiger partial charge in [0.25, 0.3) is 0 Å². The van der Waals surface area contributed by atoms with Gasteiger partial charge in [0.15, 0.2) is 5.78 Å². The smallest absolute Gasteiger partial charge is 0.309 e. The highest BCUT2D eigenvalue weighted by Crippen LogP contribution is 2.26. The Balaban J connectivity index is 2.34. The van der Waals surface area contributed by atoms with E-state index in [1.54, 1.807) is 0 Å². The van der Waals surface area contributed by atoms with Gasteiger partial charge < -0.3 is 4.74 Å². The molecule has 84 valence electrons. The van der Waals surface area contributed by atoms with Crippen LogP contribution in [0.3, 0.4) is 0 Å². The number of halogens is 1. The lowest BCUT2D eigenvalue weighted by atomic mass is 9.83. The Morgan fingerprint density at radius 2 is 2.19 bits per heavy atom. The van der Waals surface area contributed by atoms with Crippen molar-refractivity contribution in [2.45, 2.75) is 12.8 Å². The largest absolute Gasteiger partial charge is 0.469 e. The summed E-state index contributed by atoms with van der Waals surface area (Å²) >= 11 is 0. The lowest BCUT2D eigenvalue weighted by Gasteiger charge is -2.21. The Kier molecular flexibility index (Phi) is 2.73. The van der Waals surface area contributed by atoms with Crippen molar-refractivity contribution >= 4 is 11.8 Å². The highest BCUT2D eigenvalue weighted by Gasteiger charge is 2.30. The second kappa shape index (κ2) is 4.04. The van der Waals surface area contributed by atoms with Gasteiger partial charge in [0.2, 0.25) is 0 Å². The molecule has 1 aliphatic rings. The molecule has 0 heterocycles. The number of fused-ring (bicyclic) bond motifs is 1. The summed E-state index contributed by atoms with van der Waals surface area (Å²) in [5, 5.41) is 0. The standard InChI is InChI=1S/C12H11FO3/c1-16-12(15)8-4-7-5-9(13)2-3-10(7)11(14)6-8/h2-3,5,8H,4,6H2,1H3. The van der Waals surface area contributed by atoms with Gasteiger partial charge >= 0.3 is 5.97 Å². The maximum atomic E-state index is 13.0. The monoisotopic (exact) mass is 222 g/mol. The summed E-state index contributed by atoms with van der Waals surface area (Å²) in [5.41, 5.74) is 1.10. The van der Waals surface area contributed by atoms with Crippen molar-refractivity contribution in [1.29, 1.82) is 0 Å². The first-order valence-electron chi connectivity index (χ1n) is 5.01. The number of ether oxygens (including phenoxy) is 1. The second-order valence-electron chi connectivity index (χ2n) is 3.85. The summed E-state index contributed by atoms with van der Waals surface area (Å²) < 4.78 is 17.6. The molecule has 0 aromatic heterocycles. The maximum absolute atomic E-state index is 13.0. The molecule has 0 fully saturated rings. The molecule has 2 rings (SSSR count). The first-order chi connectivity index (χ1) is 7.61. The van der Waals surface area contributed by atoms with Crippen LogP contribution >= 0.6 is 0 Å². The lowest BCUT2D eigenvalue weighted by molar-refractivity contribution is -0.145. The molecule has 1 unspecified atom stereocenters. The zero-order chi connectivity index (χ0) is 11.7. The first kappa shape index (κ1) is 10.8. The zero-order valence-corrected chi connectivity index (χ0v) is 8.83. The van der Waals surface area contributed by atoms with E-state index in [0.29, 0.717) is 17.5 Å². The summed E-state index contributed by atoms with van der Waals surface area (Å²) in [4.78, 5) is 23.0. The summed E-state index contributed by atoms with van der Waals surface area (Å²) in [5.74, 6) is -1.41. The number of carbonyl (C=O) groups is 2. The first-order valence-corrected chi connectivity index (χ1v) is 5.01. The minimum atomic E-state index is -0.480. The van der Waals surface area contributed by atoms with Gasteiger partial charge in [-0.2, -0.15) is 0 Å². The van der Waals surface area contributed by atoms with E-state index in [-0.39, 0.29) is 12.2 Å². The molecule has 0 N–H and O–H groups in total. The second-order valence-corrected chi connectivity index (χ2v) is 3.85. The molecule has 0 aliphatic heterocycles. The number of benzene rings is 1. The molecule has 1 aromatic rings. The van der Waals surface area contributed by atoms with E-state index in [0.717, 1.165) is 0 Å². The van der Waals surface area contributed by atoms with Gasteiger partial charge in [-0.25, -0.2) is 4.39 Å². The average molecular weight is 222 g/mol. The highest BCUT2D eigenvalue weighted by atomic mass is 19.1. The van der Waals surface area contributed by atoms with Crippen LogP contribution in [0.5, 0.6) is 0 Å². The SMILES string of the molecule is COC(=O)C1CC(=O)c2ccc(F)cc2C1. The Labute approximate surface area is 92.2 Å². The van der Waals surface area contributed by atoms with Crippen LogP contribution in [-0.4, -0.2) is 18.9 Å². The Morgan fingerprint density at radius 3 is 2.88 bits per heavy atom. The summed E-state index contributed by atoms with van der Waals surface area (Å²) in [7, 11) is 1.29. The predicted molar refractivity (Wildman–Crippen MR) is 54.6 cm³/mol. The number of rotatable bonds is 1. The van der Waals surface area contributed by atoms with Crippen molar-refractivity contribution in [2.24, 2.45) is 5.92 Å². The van der Waals surface area contributed by atoms with Crippen LogP contribution in [0.25, 0.3) is 0 Å². The van der Waals surface area contributed by atoms with Gasteiger partial charge in [0.05, 0.1) is 13.0 Å². The average Bonchev–Trinajstić information content (AvgIpc) is 2.27. The number of ketones is 1. The van der Waals surface area contributed by atoms with Crippen molar-refractivity contribution in [1.82, 2.24) is 0 Å². The van der Waals surface area contributed by atoms with Gasteiger partial charge in [0, 0.05) is 12.0 Å². The van der Waals surface area contributed by atoms with Crippen LogP contribution < -0.4 is 0 Å². The minimum absolute atomic E-state index is 0.128. The summed E-state index contributed by atoms with van der Waals surface area (Å²) in [6, 6.07) is 4.04. The van der Waals surface area contributed by atoms with Crippen LogP contribution in [0.1, 0.15) is 22.3 Å². The third-order valence-corrected chi connectivity index (χ3v) is 2.80. The zero-order valence-electron chi connectivity index (χ0n) is 8.83. The van der Waals surface area contributed by atoms with Gasteiger partial charge in [-0.05, 0) is 30.2 Å². The van der Waals surface area contributed by atoms with Crippen molar-refractivity contribution in [3.05, 3.63) is 35.1 Å². The van der Waals surface area contributed by atoms with Crippen molar-refractivity contribution in [2.75, 3.05) is 7.11 Å². The van der Waals surface area contributed by atoms with E-state index >= 15 is 0 Å². The van der Waals surface area contributed by atoms with Gasteiger partial charge in [0.1, 0.15) is 5.82 Å². The molecule has 1 aromatic carbocycles. The van der Waals surface area contributed by atoms with Crippen LogP contribution in [0, 0.1) is 11.7 Å². The molecule has 1 atom stereocenters. The fourth-order valence-corrected chi connectivity index (χ4v) is 2.01. The Morgan fingerprint density at radius 1 is 1.44 bits per heavy atom. The predicted octanol–water partition coefficient (Wildman–Crippen LogP) is 1.74. The molecular weight excluding hydrogens is 211 g/mol. The van der Waals surface area contributed by atoms with E-state index in [4.69, 9.17) is 0 Å². The minimum Gasteiger partial charge on any atom is -0.469 e. The van der Waals surface area contributed by atoms with E-state index in [2.05, 4.69) is 4.74 Å². The fourth-order valence-electron chi connectivity index (χ4n) is 2.01. The van der Waals surface area contributed by atoms with Gasteiger partial charge in [-0.15, -0.1) is 0 Å². The number of hydrogen-bond acceptors (Lipinski definition) is 3. The number of methoxy groups -OCH3 is 1. The van der Waals surface area contributed by atoms with E-state index in [1.165, 1.54) is 25.3 Å². The fraction of sp³-hybridized carbons (Fsp3) is 0.333. The van der Waals surface area contributed by atoms with Crippen molar-refractivity contribution in [3.8, 4) is 0 Å². The maximum Gasteiger partial charge on any atom is 0.309 e. The normalized spacial score (nSPS) is 19.1. The van der Waals surface area contributed by atoms with Gasteiger partial charge in [-0.1, -0.05) is 0 Å². The van der Waals surface area contributed by atoms with E-state index in [1.807, 2.05) is 0 Å². The van der Waals surface area contributed by atoms with Crippen LogP contribution in [0.4, 0.5) is 4.39 Å². The molecule has 3 nitrogen and oxygen atoms in total. The van der Waals surface area contributed by atoms with Crippen LogP contribution in [0.2, 0.25) is 0 Å². The molecule has 0 saturated carbocycles. The molecular formula is C12H11FO3. The number of carbonyl (C=O) groups excluding carboxylic acids is 2.